The molecule has 12 heteroatoms. The van der Waals surface area contributed by atoms with E-state index in [0.717, 1.165) is 12.4 Å². The van der Waals surface area contributed by atoms with Gasteiger partial charge in [0.05, 0.1) is 18.0 Å². The molecule has 3 rings (SSSR count). The van der Waals surface area contributed by atoms with Gasteiger partial charge in [0.15, 0.2) is 5.69 Å². The van der Waals surface area contributed by atoms with Crippen molar-refractivity contribution in [2.24, 2.45) is 0 Å². The van der Waals surface area contributed by atoms with Crippen molar-refractivity contribution in [2.75, 3.05) is 18.9 Å². The number of rotatable bonds is 7. The van der Waals surface area contributed by atoms with Crippen LogP contribution in [0.5, 0.6) is 0 Å². The fraction of sp³-hybridized carbons (Fsp3) is 0.368. The molecule has 0 fully saturated rings. The molecule has 0 saturated carbocycles. The normalized spacial score (nSPS) is 12.5. The molecule has 0 spiro atoms. The molecule has 3 aromatic rings. The van der Waals surface area contributed by atoms with Gasteiger partial charge in [-0.3, -0.25) is 4.79 Å². The van der Waals surface area contributed by atoms with Gasteiger partial charge in [0.25, 0.3) is 5.91 Å². The first kappa shape index (κ1) is 22.1. The average Bonchev–Trinajstić information content (AvgIpc) is 3.27. The highest BCUT2D eigenvalue weighted by molar-refractivity contribution is 5.95. The molecule has 0 saturated heterocycles. The first-order valence-corrected chi connectivity index (χ1v) is 9.41. The number of nitrogens with zero attached hydrogens (tertiary/aromatic N) is 7. The van der Waals surface area contributed by atoms with Crippen molar-refractivity contribution in [3.63, 3.8) is 0 Å². The quantitative estimate of drug-likeness (QED) is 0.610. The number of alkyl halides is 3. The van der Waals surface area contributed by atoms with Crippen molar-refractivity contribution in [3.8, 4) is 5.69 Å². The number of amides is 1. The predicted octanol–water partition coefficient (Wildman–Crippen LogP) is 2.74. The van der Waals surface area contributed by atoms with Gasteiger partial charge in [0.1, 0.15) is 5.69 Å². The van der Waals surface area contributed by atoms with Gasteiger partial charge in [-0.15, -0.1) is 4.80 Å². The average molecular weight is 434 g/mol. The summed E-state index contributed by atoms with van der Waals surface area (Å²) in [6, 6.07) is 3.31. The summed E-state index contributed by atoms with van der Waals surface area (Å²) in [7, 11) is 1.66. The van der Waals surface area contributed by atoms with Gasteiger partial charge in [-0.2, -0.15) is 23.4 Å². The van der Waals surface area contributed by atoms with Crippen LogP contribution in [0.2, 0.25) is 0 Å². The number of hydrogen-bond acceptors (Lipinski definition) is 7. The van der Waals surface area contributed by atoms with E-state index in [-0.39, 0.29) is 23.6 Å². The highest BCUT2D eigenvalue weighted by Gasteiger charge is 2.31. The van der Waals surface area contributed by atoms with E-state index in [9.17, 15) is 18.0 Å². The van der Waals surface area contributed by atoms with Crippen LogP contribution in [0.3, 0.4) is 0 Å². The van der Waals surface area contributed by atoms with Crippen molar-refractivity contribution in [2.45, 2.75) is 32.5 Å². The Bertz CT molecular complexity index is 1020. The summed E-state index contributed by atoms with van der Waals surface area (Å²) in [5.74, 6) is -0.212. The molecule has 9 nitrogen and oxygen atoms in total. The van der Waals surface area contributed by atoms with Gasteiger partial charge in [-0.05, 0) is 32.4 Å². The molecule has 1 amide bonds. The van der Waals surface area contributed by atoms with Crippen LogP contribution in [-0.4, -0.2) is 60.4 Å². The summed E-state index contributed by atoms with van der Waals surface area (Å²) in [4.78, 5) is 27.7. The van der Waals surface area contributed by atoms with Crippen LogP contribution >= 0.6 is 0 Å². The van der Waals surface area contributed by atoms with E-state index in [4.69, 9.17) is 0 Å². The highest BCUT2D eigenvalue weighted by atomic mass is 19.4. The SMILES string of the molecule is Cc1ccc(-n2nccn2)c(C(=O)N(C)[C@@H](C)CCNc2ncc(C(F)(F)F)cn2)n1. The lowest BCUT2D eigenvalue weighted by Crippen LogP contribution is -2.37. The van der Waals surface area contributed by atoms with Crippen molar-refractivity contribution >= 4 is 11.9 Å². The van der Waals surface area contributed by atoms with E-state index >= 15 is 0 Å². The Labute approximate surface area is 176 Å². The zero-order valence-electron chi connectivity index (χ0n) is 17.1. The number of carbonyl (C=O) groups excluding carboxylic acids is 1. The Hall–Kier alpha value is -3.57. The van der Waals surface area contributed by atoms with Crippen LogP contribution < -0.4 is 5.32 Å². The number of aryl methyl sites for hydroxylation is 1. The fourth-order valence-corrected chi connectivity index (χ4v) is 2.73. The zero-order valence-corrected chi connectivity index (χ0v) is 17.1. The van der Waals surface area contributed by atoms with Gasteiger partial charge < -0.3 is 10.2 Å². The number of aromatic nitrogens is 6. The molecule has 0 bridgehead atoms. The van der Waals surface area contributed by atoms with Crippen molar-refractivity contribution in [1.29, 1.82) is 0 Å². The van der Waals surface area contributed by atoms with E-state index in [2.05, 4.69) is 30.5 Å². The van der Waals surface area contributed by atoms with Crippen LogP contribution in [0.25, 0.3) is 5.69 Å². The lowest BCUT2D eigenvalue weighted by molar-refractivity contribution is -0.138. The van der Waals surface area contributed by atoms with E-state index in [1.165, 1.54) is 17.2 Å². The minimum atomic E-state index is -4.48. The maximum atomic E-state index is 13.1. The van der Waals surface area contributed by atoms with Crippen LogP contribution in [0.4, 0.5) is 19.1 Å². The third-order valence-electron chi connectivity index (χ3n) is 4.66. The van der Waals surface area contributed by atoms with E-state index in [0.29, 0.717) is 24.3 Å². The van der Waals surface area contributed by atoms with Crippen LogP contribution in [0.1, 0.15) is 35.1 Å². The maximum absolute atomic E-state index is 13.1. The molecule has 31 heavy (non-hydrogen) atoms. The standard InChI is InChI=1S/C19H21F3N8O/c1-12-4-5-15(30-26-8-9-27-30)16(28-12)17(31)29(3)13(2)6-7-23-18-24-10-14(11-25-18)19(20,21)22/h4-5,8-11,13H,6-7H2,1-3H3,(H,23,24,25)/t13-/m0/s1. The highest BCUT2D eigenvalue weighted by Crippen LogP contribution is 2.28. The second-order valence-electron chi connectivity index (χ2n) is 6.91. The summed E-state index contributed by atoms with van der Waals surface area (Å²) in [6.45, 7) is 4.00. The van der Waals surface area contributed by atoms with Crippen molar-refractivity contribution < 1.29 is 18.0 Å². The van der Waals surface area contributed by atoms with Gasteiger partial charge in [0.2, 0.25) is 5.95 Å². The smallest absolute Gasteiger partial charge is 0.354 e. The maximum Gasteiger partial charge on any atom is 0.419 e. The molecule has 1 N–H and O–H groups in total. The summed E-state index contributed by atoms with van der Waals surface area (Å²) < 4.78 is 37.7. The van der Waals surface area contributed by atoms with Gasteiger partial charge in [-0.1, -0.05) is 0 Å². The monoisotopic (exact) mass is 434 g/mol. The number of carbonyl (C=O) groups is 1. The molecule has 0 radical (unpaired) electrons. The lowest BCUT2D eigenvalue weighted by Gasteiger charge is -2.25. The third-order valence-corrected chi connectivity index (χ3v) is 4.66. The van der Waals surface area contributed by atoms with Crippen LogP contribution in [-0.2, 0) is 6.18 Å². The summed E-state index contributed by atoms with van der Waals surface area (Å²) >= 11 is 0. The number of anilines is 1. The predicted molar refractivity (Wildman–Crippen MR) is 106 cm³/mol. The third kappa shape index (κ3) is 5.32. The number of hydrogen-bond donors (Lipinski definition) is 1. The number of halogens is 3. The van der Waals surface area contributed by atoms with E-state index in [1.807, 2.05) is 6.92 Å². The van der Waals surface area contributed by atoms with Gasteiger partial charge in [-0.25, -0.2) is 15.0 Å². The molecule has 0 unspecified atom stereocenters. The summed E-state index contributed by atoms with van der Waals surface area (Å²) in [5.41, 5.74) is 0.465. The van der Waals surface area contributed by atoms with Crippen molar-refractivity contribution in [3.05, 3.63) is 53.9 Å². The molecule has 1 atom stereocenters. The number of pyridine rings is 1. The molecule has 0 aliphatic rings. The van der Waals surface area contributed by atoms with E-state index in [1.54, 1.807) is 31.0 Å². The van der Waals surface area contributed by atoms with Gasteiger partial charge in [0, 0.05) is 37.7 Å². The lowest BCUT2D eigenvalue weighted by atomic mass is 10.1. The van der Waals surface area contributed by atoms with Crippen molar-refractivity contribution in [1.82, 2.24) is 34.8 Å². The van der Waals surface area contributed by atoms with Crippen LogP contribution in [0, 0.1) is 6.92 Å². The Morgan fingerprint density at radius 1 is 1.19 bits per heavy atom. The minimum Gasteiger partial charge on any atom is -0.354 e. The topological polar surface area (TPSA) is 102 Å². The fourth-order valence-electron chi connectivity index (χ4n) is 2.73. The van der Waals surface area contributed by atoms with E-state index < -0.39 is 11.7 Å². The molecule has 3 aromatic heterocycles. The largest absolute Gasteiger partial charge is 0.419 e. The summed E-state index contributed by atoms with van der Waals surface area (Å²) in [6.07, 6.45) is 0.495. The Kier molecular flexibility index (Phi) is 6.47. The molecule has 0 aliphatic heterocycles. The first-order valence-electron chi connectivity index (χ1n) is 9.41. The molecule has 0 aromatic carbocycles. The second kappa shape index (κ2) is 9.06. The molecule has 3 heterocycles. The number of nitrogens with one attached hydrogen (secondary N) is 1. The Morgan fingerprint density at radius 2 is 1.84 bits per heavy atom. The van der Waals surface area contributed by atoms with Gasteiger partial charge >= 0.3 is 6.18 Å². The molecular weight excluding hydrogens is 413 g/mol. The molecule has 0 aliphatic carbocycles. The first-order chi connectivity index (χ1) is 14.7. The molecular formula is C19H21F3N8O. The Morgan fingerprint density at radius 3 is 2.45 bits per heavy atom. The Balaban J connectivity index is 1.62. The minimum absolute atomic E-state index is 0.0848. The second-order valence-corrected chi connectivity index (χ2v) is 6.91. The van der Waals surface area contributed by atoms with Crippen LogP contribution in [0.15, 0.2) is 36.9 Å². The zero-order chi connectivity index (χ0) is 22.6. The summed E-state index contributed by atoms with van der Waals surface area (Å²) in [5, 5.41) is 11.0. The molecule has 164 valence electrons.